The van der Waals surface area contributed by atoms with E-state index in [1.54, 1.807) is 0 Å². The number of aliphatic hydroxyl groups is 2. The average Bonchev–Trinajstić information content (AvgIpc) is 2.35. The van der Waals surface area contributed by atoms with Crippen LogP contribution in [0.4, 0.5) is 0 Å². The predicted molar refractivity (Wildman–Crippen MR) is 60.4 cm³/mol. The van der Waals surface area contributed by atoms with Crippen molar-refractivity contribution < 1.29 is 19.8 Å². The first-order chi connectivity index (χ1) is 8.04. The standard InChI is InChI=1S/C11H14N2O4/c12-10(16)7-1-3-8(4-2-7)11(17)13-5-9(15)6-14/h1-4,9,14-15H,5-6H2,(H2,12,16)(H,13,17). The molecule has 1 rings (SSSR count). The molecule has 0 saturated heterocycles. The van der Waals surface area contributed by atoms with Crippen LogP contribution < -0.4 is 11.1 Å². The Labute approximate surface area is 98.1 Å². The number of carbonyl (C=O) groups excluding carboxylic acids is 2. The molecule has 0 saturated carbocycles. The fraction of sp³-hybridized carbons (Fsp3) is 0.273. The number of hydrogen-bond donors (Lipinski definition) is 4. The maximum atomic E-state index is 11.5. The van der Waals surface area contributed by atoms with E-state index in [0.29, 0.717) is 11.1 Å². The summed E-state index contributed by atoms with van der Waals surface area (Å²) in [4.78, 5) is 22.3. The Balaban J connectivity index is 2.61. The first kappa shape index (κ1) is 13.1. The summed E-state index contributed by atoms with van der Waals surface area (Å²) in [5, 5.41) is 20.0. The number of primary amides is 1. The summed E-state index contributed by atoms with van der Waals surface area (Å²) in [5.74, 6) is -0.957. The van der Waals surface area contributed by atoms with Crippen molar-refractivity contribution in [2.75, 3.05) is 13.2 Å². The molecule has 0 spiro atoms. The van der Waals surface area contributed by atoms with Crippen LogP contribution in [0.1, 0.15) is 20.7 Å². The lowest BCUT2D eigenvalue weighted by Crippen LogP contribution is -2.33. The Hall–Kier alpha value is -1.92. The van der Waals surface area contributed by atoms with Gasteiger partial charge in [-0.05, 0) is 24.3 Å². The van der Waals surface area contributed by atoms with Gasteiger partial charge in [0.1, 0.15) is 0 Å². The number of hydrogen-bond acceptors (Lipinski definition) is 4. The van der Waals surface area contributed by atoms with E-state index in [4.69, 9.17) is 15.9 Å². The minimum absolute atomic E-state index is 0.0348. The molecule has 0 fully saturated rings. The summed E-state index contributed by atoms with van der Waals surface area (Å²) in [6.45, 7) is -0.451. The van der Waals surface area contributed by atoms with Gasteiger partial charge >= 0.3 is 0 Å². The van der Waals surface area contributed by atoms with Crippen LogP contribution in [0.25, 0.3) is 0 Å². The molecule has 1 unspecified atom stereocenters. The lowest BCUT2D eigenvalue weighted by molar-refractivity contribution is 0.0801. The molecule has 1 atom stereocenters. The highest BCUT2D eigenvalue weighted by Gasteiger charge is 2.08. The summed E-state index contributed by atoms with van der Waals surface area (Å²) < 4.78 is 0. The molecule has 1 aromatic rings. The molecular formula is C11H14N2O4. The Morgan fingerprint density at radius 1 is 1.24 bits per heavy atom. The largest absolute Gasteiger partial charge is 0.394 e. The second-order valence-electron chi connectivity index (χ2n) is 3.49. The Morgan fingerprint density at radius 2 is 1.76 bits per heavy atom. The zero-order valence-electron chi connectivity index (χ0n) is 9.09. The number of benzene rings is 1. The summed E-state index contributed by atoms with van der Waals surface area (Å²) in [7, 11) is 0. The van der Waals surface area contributed by atoms with Crippen LogP contribution in [-0.2, 0) is 0 Å². The van der Waals surface area contributed by atoms with Gasteiger partial charge in [0.05, 0.1) is 12.7 Å². The number of carbonyl (C=O) groups is 2. The number of nitrogens with one attached hydrogen (secondary N) is 1. The Morgan fingerprint density at radius 3 is 2.24 bits per heavy atom. The van der Waals surface area contributed by atoms with Crippen molar-refractivity contribution in [1.82, 2.24) is 5.32 Å². The minimum atomic E-state index is -0.983. The van der Waals surface area contributed by atoms with Gasteiger partial charge in [-0.25, -0.2) is 0 Å². The van der Waals surface area contributed by atoms with Gasteiger partial charge in [0.15, 0.2) is 0 Å². The van der Waals surface area contributed by atoms with Gasteiger partial charge in [-0.3, -0.25) is 9.59 Å². The van der Waals surface area contributed by atoms with Crippen LogP contribution in [0.5, 0.6) is 0 Å². The average molecular weight is 238 g/mol. The normalized spacial score (nSPS) is 11.9. The van der Waals surface area contributed by atoms with Crippen molar-refractivity contribution in [2.45, 2.75) is 6.10 Å². The topological polar surface area (TPSA) is 113 Å². The molecule has 0 bridgehead atoms. The lowest BCUT2D eigenvalue weighted by Gasteiger charge is -2.09. The second kappa shape index (κ2) is 5.97. The lowest BCUT2D eigenvalue weighted by atomic mass is 10.1. The highest BCUT2D eigenvalue weighted by molar-refractivity contribution is 5.97. The zero-order chi connectivity index (χ0) is 12.8. The van der Waals surface area contributed by atoms with E-state index in [0.717, 1.165) is 0 Å². The highest BCUT2D eigenvalue weighted by atomic mass is 16.3. The first-order valence-electron chi connectivity index (χ1n) is 5.01. The predicted octanol–water partition coefficient (Wildman–Crippen LogP) is -1.13. The Bertz CT molecular complexity index is 402. The molecule has 92 valence electrons. The van der Waals surface area contributed by atoms with Crippen LogP contribution in [0.3, 0.4) is 0 Å². The molecule has 2 amide bonds. The summed E-state index contributed by atoms with van der Waals surface area (Å²) in [6, 6.07) is 5.81. The maximum Gasteiger partial charge on any atom is 0.251 e. The van der Waals surface area contributed by atoms with Crippen LogP contribution in [0, 0.1) is 0 Å². The van der Waals surface area contributed by atoms with Gasteiger partial charge in [-0.1, -0.05) is 0 Å². The van der Waals surface area contributed by atoms with E-state index < -0.39 is 24.5 Å². The van der Waals surface area contributed by atoms with Crippen molar-refractivity contribution in [3.8, 4) is 0 Å². The van der Waals surface area contributed by atoms with Gasteiger partial charge in [0, 0.05) is 17.7 Å². The SMILES string of the molecule is NC(=O)c1ccc(C(=O)NCC(O)CO)cc1. The second-order valence-corrected chi connectivity index (χ2v) is 3.49. The third-order valence-electron chi connectivity index (χ3n) is 2.14. The summed E-state index contributed by atoms with van der Waals surface area (Å²) >= 11 is 0. The van der Waals surface area contributed by atoms with Crippen molar-refractivity contribution >= 4 is 11.8 Å². The van der Waals surface area contributed by atoms with E-state index >= 15 is 0 Å². The van der Waals surface area contributed by atoms with Gasteiger partial charge in [-0.2, -0.15) is 0 Å². The molecule has 6 nitrogen and oxygen atoms in total. The van der Waals surface area contributed by atoms with Gasteiger partial charge in [-0.15, -0.1) is 0 Å². The number of amides is 2. The summed E-state index contributed by atoms with van der Waals surface area (Å²) in [5.41, 5.74) is 5.72. The number of aliphatic hydroxyl groups excluding tert-OH is 2. The molecule has 1 aromatic carbocycles. The minimum Gasteiger partial charge on any atom is -0.394 e. The molecule has 0 radical (unpaired) electrons. The third-order valence-corrected chi connectivity index (χ3v) is 2.14. The molecule has 0 aromatic heterocycles. The highest BCUT2D eigenvalue weighted by Crippen LogP contribution is 2.03. The van der Waals surface area contributed by atoms with E-state index in [9.17, 15) is 9.59 Å². The van der Waals surface area contributed by atoms with E-state index in [-0.39, 0.29) is 6.54 Å². The molecule has 0 aliphatic heterocycles. The van der Waals surface area contributed by atoms with Crippen molar-refractivity contribution in [3.63, 3.8) is 0 Å². The first-order valence-corrected chi connectivity index (χ1v) is 5.01. The molecule has 6 heteroatoms. The van der Waals surface area contributed by atoms with Gasteiger partial charge in [0.25, 0.3) is 5.91 Å². The fourth-order valence-electron chi connectivity index (χ4n) is 1.16. The van der Waals surface area contributed by atoms with E-state index in [2.05, 4.69) is 5.32 Å². The van der Waals surface area contributed by atoms with E-state index in [1.807, 2.05) is 0 Å². The zero-order valence-corrected chi connectivity index (χ0v) is 9.09. The molecule has 0 aliphatic carbocycles. The molecule has 17 heavy (non-hydrogen) atoms. The maximum absolute atomic E-state index is 11.5. The van der Waals surface area contributed by atoms with Crippen molar-refractivity contribution in [3.05, 3.63) is 35.4 Å². The fourth-order valence-corrected chi connectivity index (χ4v) is 1.16. The van der Waals surface area contributed by atoms with Gasteiger partial charge in [0.2, 0.25) is 5.91 Å². The van der Waals surface area contributed by atoms with Crippen LogP contribution in [0.15, 0.2) is 24.3 Å². The monoisotopic (exact) mass is 238 g/mol. The van der Waals surface area contributed by atoms with Crippen molar-refractivity contribution in [2.24, 2.45) is 5.73 Å². The smallest absolute Gasteiger partial charge is 0.251 e. The number of rotatable bonds is 5. The quantitative estimate of drug-likeness (QED) is 0.519. The van der Waals surface area contributed by atoms with Crippen LogP contribution in [0.2, 0.25) is 0 Å². The van der Waals surface area contributed by atoms with Crippen molar-refractivity contribution in [1.29, 1.82) is 0 Å². The van der Waals surface area contributed by atoms with Gasteiger partial charge < -0.3 is 21.3 Å². The summed E-state index contributed by atoms with van der Waals surface area (Å²) in [6.07, 6.45) is -0.983. The number of nitrogens with two attached hydrogens (primary N) is 1. The molecule has 5 N–H and O–H groups in total. The van der Waals surface area contributed by atoms with Crippen LogP contribution in [-0.4, -0.2) is 41.3 Å². The van der Waals surface area contributed by atoms with Crippen LogP contribution >= 0.6 is 0 Å². The molecular weight excluding hydrogens is 224 g/mol. The Kier molecular flexibility index (Phi) is 4.62. The molecule has 0 aliphatic rings. The third kappa shape index (κ3) is 3.86. The van der Waals surface area contributed by atoms with E-state index in [1.165, 1.54) is 24.3 Å². The molecule has 0 heterocycles.